The molecule has 3 aromatic rings. The predicted octanol–water partition coefficient (Wildman–Crippen LogP) is 4.57. The van der Waals surface area contributed by atoms with Crippen LogP contribution in [0, 0.1) is 0 Å². The first-order valence-electron chi connectivity index (χ1n) is 7.88. The Morgan fingerprint density at radius 3 is 2.85 bits per heavy atom. The van der Waals surface area contributed by atoms with Crippen LogP contribution < -0.4 is 10.6 Å². The molecular formula is C18H14Cl2N4OS. The van der Waals surface area contributed by atoms with Gasteiger partial charge in [0, 0.05) is 5.69 Å². The number of nitrogens with zero attached hydrogens (tertiary/aromatic N) is 2. The number of halogens is 2. The van der Waals surface area contributed by atoms with E-state index in [9.17, 15) is 4.79 Å². The molecule has 2 aromatic carbocycles. The second-order valence-electron chi connectivity index (χ2n) is 5.71. The van der Waals surface area contributed by atoms with E-state index in [0.29, 0.717) is 15.7 Å². The van der Waals surface area contributed by atoms with E-state index in [1.165, 1.54) is 0 Å². The summed E-state index contributed by atoms with van der Waals surface area (Å²) in [5.74, 6) is 1.38. The molecule has 26 heavy (non-hydrogen) atoms. The van der Waals surface area contributed by atoms with Gasteiger partial charge in [-0.05, 0) is 35.7 Å². The smallest absolute Gasteiger partial charge is 0.244 e. The zero-order chi connectivity index (χ0) is 18.1. The lowest BCUT2D eigenvalue weighted by Gasteiger charge is -2.11. The zero-order valence-corrected chi connectivity index (χ0v) is 15.8. The molecule has 0 aliphatic carbocycles. The fourth-order valence-electron chi connectivity index (χ4n) is 2.78. The highest BCUT2D eigenvalue weighted by atomic mass is 35.5. The van der Waals surface area contributed by atoms with Gasteiger partial charge in [-0.2, -0.15) is 0 Å². The number of amides is 1. The molecule has 132 valence electrons. The first kappa shape index (κ1) is 17.3. The molecule has 0 radical (unpaired) electrons. The number of imidazole rings is 1. The van der Waals surface area contributed by atoms with Crippen LogP contribution in [0.25, 0.3) is 16.7 Å². The normalized spacial score (nSPS) is 13.5. The number of benzene rings is 2. The molecule has 0 bridgehead atoms. The van der Waals surface area contributed by atoms with E-state index in [2.05, 4.69) is 15.6 Å². The Hall–Kier alpha value is -2.15. The third-order valence-corrected chi connectivity index (χ3v) is 5.40. The fraction of sp³-hybridized carbons (Fsp3) is 0.111. The highest BCUT2D eigenvalue weighted by molar-refractivity contribution is 8.02. The molecule has 4 rings (SSSR count). The second kappa shape index (κ2) is 7.23. The first-order chi connectivity index (χ1) is 12.6. The van der Waals surface area contributed by atoms with Crippen LogP contribution >= 0.6 is 35.0 Å². The van der Waals surface area contributed by atoms with Gasteiger partial charge >= 0.3 is 0 Å². The maximum Gasteiger partial charge on any atom is 0.244 e. The Morgan fingerprint density at radius 2 is 2.08 bits per heavy atom. The zero-order valence-electron chi connectivity index (χ0n) is 13.5. The Balaban J connectivity index is 1.64. The highest BCUT2D eigenvalue weighted by Crippen LogP contribution is 2.27. The van der Waals surface area contributed by atoms with E-state index in [1.54, 1.807) is 30.0 Å². The van der Waals surface area contributed by atoms with Crippen LogP contribution in [0.3, 0.4) is 0 Å². The average Bonchev–Trinajstić information content (AvgIpc) is 3.26. The first-order valence-corrected chi connectivity index (χ1v) is 9.68. The third-order valence-electron chi connectivity index (χ3n) is 3.95. The molecule has 0 saturated heterocycles. The van der Waals surface area contributed by atoms with Crippen molar-refractivity contribution < 1.29 is 4.79 Å². The van der Waals surface area contributed by atoms with Crippen molar-refractivity contribution in [2.24, 2.45) is 0 Å². The summed E-state index contributed by atoms with van der Waals surface area (Å²) in [5.41, 5.74) is 3.29. The molecule has 2 N–H and O–H groups in total. The molecule has 1 aliphatic heterocycles. The molecule has 0 unspecified atom stereocenters. The molecule has 8 heteroatoms. The van der Waals surface area contributed by atoms with Crippen LogP contribution in [0.15, 0.2) is 47.9 Å². The predicted molar refractivity (Wildman–Crippen MR) is 108 cm³/mol. The summed E-state index contributed by atoms with van der Waals surface area (Å²) in [6, 6.07) is 12.8. The van der Waals surface area contributed by atoms with E-state index in [1.807, 2.05) is 34.2 Å². The van der Waals surface area contributed by atoms with Gasteiger partial charge in [-0.1, -0.05) is 35.3 Å². The number of hydrogen-bond donors (Lipinski definition) is 2. The number of fused-ring (bicyclic) bond motifs is 1. The van der Waals surface area contributed by atoms with Crippen molar-refractivity contribution in [3.05, 3.63) is 63.7 Å². The summed E-state index contributed by atoms with van der Waals surface area (Å²) in [5, 5.41) is 9.01. The number of aromatic nitrogens is 2. The molecule has 0 fully saturated rings. The number of para-hydroxylation sites is 2. The Morgan fingerprint density at radius 1 is 1.23 bits per heavy atom. The van der Waals surface area contributed by atoms with Gasteiger partial charge in [-0.3, -0.25) is 4.79 Å². The topological polar surface area (TPSA) is 59.0 Å². The Kier molecular flexibility index (Phi) is 4.80. The second-order valence-corrected chi connectivity index (χ2v) is 7.38. The van der Waals surface area contributed by atoms with Crippen LogP contribution in [-0.2, 0) is 11.3 Å². The standard InChI is InChI=1S/C18H14Cl2N4OS/c19-12-6-5-11(7-13(12)20)22-17(25)8-24-16-4-2-1-3-14(16)23-18(24)15-9-26-10-21-15/h1-7,9,21H,8,10H2,(H,22,25). The van der Waals surface area contributed by atoms with E-state index in [4.69, 9.17) is 23.2 Å². The van der Waals surface area contributed by atoms with Crippen molar-refractivity contribution in [2.45, 2.75) is 6.54 Å². The van der Waals surface area contributed by atoms with E-state index in [0.717, 1.165) is 28.4 Å². The van der Waals surface area contributed by atoms with Crippen LogP contribution in [0.1, 0.15) is 5.82 Å². The number of rotatable bonds is 4. The molecule has 2 heterocycles. The van der Waals surface area contributed by atoms with Gasteiger partial charge in [0.05, 0.1) is 32.7 Å². The maximum absolute atomic E-state index is 12.6. The summed E-state index contributed by atoms with van der Waals surface area (Å²) < 4.78 is 1.91. The minimum atomic E-state index is -0.168. The van der Waals surface area contributed by atoms with E-state index >= 15 is 0 Å². The summed E-state index contributed by atoms with van der Waals surface area (Å²) in [6.45, 7) is 0.139. The summed E-state index contributed by atoms with van der Waals surface area (Å²) in [7, 11) is 0. The van der Waals surface area contributed by atoms with Crippen molar-refractivity contribution in [3.63, 3.8) is 0 Å². The molecule has 1 aliphatic rings. The van der Waals surface area contributed by atoms with Crippen molar-refractivity contribution in [2.75, 3.05) is 11.2 Å². The molecule has 0 saturated carbocycles. The number of anilines is 1. The van der Waals surface area contributed by atoms with Crippen molar-refractivity contribution in [3.8, 4) is 0 Å². The van der Waals surface area contributed by atoms with E-state index < -0.39 is 0 Å². The Labute approximate surface area is 164 Å². The molecule has 5 nitrogen and oxygen atoms in total. The van der Waals surface area contributed by atoms with E-state index in [-0.39, 0.29) is 12.5 Å². The maximum atomic E-state index is 12.6. The molecule has 1 amide bonds. The third kappa shape index (κ3) is 3.40. The number of thioether (sulfide) groups is 1. The monoisotopic (exact) mass is 404 g/mol. The number of carbonyl (C=O) groups is 1. The van der Waals surface area contributed by atoms with Gasteiger partial charge in [0.1, 0.15) is 6.54 Å². The SMILES string of the molecule is O=C(Cn1c(C2=CSCN2)nc2ccccc21)Nc1ccc(Cl)c(Cl)c1. The van der Waals surface area contributed by atoms with Crippen LogP contribution in [0.4, 0.5) is 5.69 Å². The van der Waals surface area contributed by atoms with Crippen LogP contribution in [-0.4, -0.2) is 21.3 Å². The van der Waals surface area contributed by atoms with Gasteiger partial charge in [0.25, 0.3) is 0 Å². The molecule has 1 aromatic heterocycles. The lowest BCUT2D eigenvalue weighted by Crippen LogP contribution is -2.21. The van der Waals surface area contributed by atoms with Crippen molar-refractivity contribution in [1.82, 2.24) is 14.9 Å². The minimum absolute atomic E-state index is 0.139. The Bertz CT molecular complexity index is 1030. The number of hydrogen-bond acceptors (Lipinski definition) is 4. The fourth-order valence-corrected chi connectivity index (χ4v) is 3.75. The average molecular weight is 405 g/mol. The minimum Gasteiger partial charge on any atom is -0.372 e. The van der Waals surface area contributed by atoms with Gasteiger partial charge in [0.2, 0.25) is 5.91 Å². The lowest BCUT2D eigenvalue weighted by molar-refractivity contribution is -0.116. The molecular weight excluding hydrogens is 391 g/mol. The van der Waals surface area contributed by atoms with Gasteiger partial charge < -0.3 is 15.2 Å². The van der Waals surface area contributed by atoms with Crippen LogP contribution in [0.5, 0.6) is 0 Å². The van der Waals surface area contributed by atoms with Gasteiger partial charge in [-0.15, -0.1) is 11.8 Å². The highest BCUT2D eigenvalue weighted by Gasteiger charge is 2.18. The summed E-state index contributed by atoms with van der Waals surface area (Å²) in [6.07, 6.45) is 0. The largest absolute Gasteiger partial charge is 0.372 e. The number of nitrogens with one attached hydrogen (secondary N) is 2. The van der Waals surface area contributed by atoms with Crippen molar-refractivity contribution in [1.29, 1.82) is 0 Å². The quantitative estimate of drug-likeness (QED) is 0.668. The van der Waals surface area contributed by atoms with Gasteiger partial charge in [0.15, 0.2) is 5.82 Å². The van der Waals surface area contributed by atoms with Crippen molar-refractivity contribution >= 4 is 63.3 Å². The summed E-state index contributed by atoms with van der Waals surface area (Å²) in [4.78, 5) is 17.3. The van der Waals surface area contributed by atoms with Gasteiger partial charge in [-0.25, -0.2) is 4.98 Å². The number of carbonyl (C=O) groups excluding carboxylic acids is 1. The van der Waals surface area contributed by atoms with Crippen LogP contribution in [0.2, 0.25) is 10.0 Å². The lowest BCUT2D eigenvalue weighted by atomic mass is 10.3. The molecule has 0 spiro atoms. The summed E-state index contributed by atoms with van der Waals surface area (Å²) >= 11 is 13.6. The molecule has 0 atom stereocenters.